The number of nitrogens with one attached hydrogen (secondary N) is 2. The average Bonchev–Trinajstić information content (AvgIpc) is 2.46. The highest BCUT2D eigenvalue weighted by atomic mass is 32.2. The molecule has 0 saturated carbocycles. The summed E-state index contributed by atoms with van der Waals surface area (Å²) in [5.74, 6) is -0.121. The van der Waals surface area contributed by atoms with Crippen molar-refractivity contribution >= 4 is 23.4 Å². The Balaban J connectivity index is 2.04. The summed E-state index contributed by atoms with van der Waals surface area (Å²) in [7, 11) is 0. The summed E-state index contributed by atoms with van der Waals surface area (Å²) in [6, 6.07) is 9.14. The van der Waals surface area contributed by atoms with E-state index in [1.54, 1.807) is 6.92 Å². The molecule has 2 N–H and O–H groups in total. The number of hydrogen-bond acceptors (Lipinski definition) is 4. The van der Waals surface area contributed by atoms with Crippen LogP contribution in [0, 0.1) is 6.92 Å². The standard InChI is InChI=1S/C17H21N3O2S/c1-4-6-13-10-15(21)20-17(19-13)23-12(3)16(22)18-14-8-5-7-11(2)9-14/h5,7-10,12H,4,6H2,1-3H3,(H,18,22)(H,19,20,21)/t12-/m1/s1. The molecule has 2 rings (SSSR count). The van der Waals surface area contributed by atoms with Gasteiger partial charge in [0.25, 0.3) is 5.56 Å². The number of amides is 1. The Hall–Kier alpha value is -2.08. The summed E-state index contributed by atoms with van der Waals surface area (Å²) < 4.78 is 0. The number of carbonyl (C=O) groups is 1. The zero-order chi connectivity index (χ0) is 16.8. The van der Waals surface area contributed by atoms with Gasteiger partial charge in [-0.3, -0.25) is 9.59 Å². The summed E-state index contributed by atoms with van der Waals surface area (Å²) in [5.41, 5.74) is 2.42. The molecule has 1 aromatic carbocycles. The van der Waals surface area contributed by atoms with E-state index in [-0.39, 0.29) is 16.7 Å². The van der Waals surface area contributed by atoms with E-state index in [0.29, 0.717) is 5.16 Å². The number of hydrogen-bond donors (Lipinski definition) is 2. The Morgan fingerprint density at radius 1 is 1.39 bits per heavy atom. The van der Waals surface area contributed by atoms with Crippen LogP contribution in [0.15, 0.2) is 40.3 Å². The smallest absolute Gasteiger partial charge is 0.251 e. The van der Waals surface area contributed by atoms with E-state index < -0.39 is 0 Å². The maximum absolute atomic E-state index is 12.3. The van der Waals surface area contributed by atoms with Crippen LogP contribution >= 0.6 is 11.8 Å². The van der Waals surface area contributed by atoms with Gasteiger partial charge in [0.15, 0.2) is 5.16 Å². The van der Waals surface area contributed by atoms with Gasteiger partial charge in [-0.1, -0.05) is 37.2 Å². The van der Waals surface area contributed by atoms with E-state index in [1.807, 2.05) is 38.1 Å². The topological polar surface area (TPSA) is 74.8 Å². The molecule has 0 radical (unpaired) electrons. The third kappa shape index (κ3) is 5.25. The second kappa shape index (κ2) is 7.97. The van der Waals surface area contributed by atoms with Gasteiger partial charge in [-0.15, -0.1) is 0 Å². The van der Waals surface area contributed by atoms with Crippen LogP contribution in [0.1, 0.15) is 31.5 Å². The predicted molar refractivity (Wildman–Crippen MR) is 94.0 cm³/mol. The molecule has 0 saturated heterocycles. The van der Waals surface area contributed by atoms with E-state index in [4.69, 9.17) is 0 Å². The number of aromatic nitrogens is 2. The van der Waals surface area contributed by atoms with Gasteiger partial charge in [-0.2, -0.15) is 0 Å². The highest BCUT2D eigenvalue weighted by Gasteiger charge is 2.16. The molecule has 2 aromatic rings. The van der Waals surface area contributed by atoms with Crippen molar-refractivity contribution in [1.29, 1.82) is 0 Å². The monoisotopic (exact) mass is 331 g/mol. The van der Waals surface area contributed by atoms with Crippen molar-refractivity contribution in [2.75, 3.05) is 5.32 Å². The van der Waals surface area contributed by atoms with Gasteiger partial charge in [0.1, 0.15) is 0 Å². The second-order valence-corrected chi connectivity index (χ2v) is 6.74. The molecule has 1 heterocycles. The molecule has 0 unspecified atom stereocenters. The van der Waals surface area contributed by atoms with Crippen LogP contribution in [0.3, 0.4) is 0 Å². The van der Waals surface area contributed by atoms with E-state index in [0.717, 1.165) is 29.8 Å². The molecule has 1 aromatic heterocycles. The summed E-state index contributed by atoms with van der Waals surface area (Å²) in [6.07, 6.45) is 1.67. The number of rotatable bonds is 6. The molecular weight excluding hydrogens is 310 g/mol. The molecule has 0 fully saturated rings. The Kier molecular flexibility index (Phi) is 5.98. The third-order valence-corrected chi connectivity index (χ3v) is 4.21. The fourth-order valence-corrected chi connectivity index (χ4v) is 2.94. The van der Waals surface area contributed by atoms with E-state index in [2.05, 4.69) is 15.3 Å². The van der Waals surface area contributed by atoms with Crippen LogP contribution < -0.4 is 10.9 Å². The molecular formula is C17H21N3O2S. The first kappa shape index (κ1) is 17.3. The largest absolute Gasteiger partial charge is 0.325 e. The van der Waals surface area contributed by atoms with Gasteiger partial charge in [-0.05, 0) is 38.0 Å². The van der Waals surface area contributed by atoms with E-state index in [1.165, 1.54) is 17.8 Å². The van der Waals surface area contributed by atoms with Crippen molar-refractivity contribution < 1.29 is 4.79 Å². The Labute approximate surface area is 139 Å². The normalized spacial score (nSPS) is 12.0. The zero-order valence-corrected chi connectivity index (χ0v) is 14.4. The number of aromatic amines is 1. The Morgan fingerprint density at radius 3 is 2.87 bits per heavy atom. The number of anilines is 1. The van der Waals surface area contributed by atoms with Crippen LogP contribution in [0.25, 0.3) is 0 Å². The molecule has 0 bridgehead atoms. The van der Waals surface area contributed by atoms with Crippen LogP contribution in [0.5, 0.6) is 0 Å². The summed E-state index contributed by atoms with van der Waals surface area (Å²) in [4.78, 5) is 31.0. The van der Waals surface area contributed by atoms with Gasteiger partial charge in [0.05, 0.1) is 5.25 Å². The molecule has 0 spiro atoms. The predicted octanol–water partition coefficient (Wildman–Crippen LogP) is 3.15. The lowest BCUT2D eigenvalue weighted by Gasteiger charge is -2.12. The van der Waals surface area contributed by atoms with Crippen molar-refractivity contribution in [1.82, 2.24) is 9.97 Å². The highest BCUT2D eigenvalue weighted by molar-refractivity contribution is 8.00. The molecule has 6 heteroatoms. The molecule has 1 amide bonds. The Bertz CT molecular complexity index is 743. The number of H-pyrrole nitrogens is 1. The average molecular weight is 331 g/mol. The molecule has 0 aliphatic heterocycles. The summed E-state index contributed by atoms with van der Waals surface area (Å²) in [5, 5.41) is 2.99. The minimum absolute atomic E-state index is 0.121. The summed E-state index contributed by atoms with van der Waals surface area (Å²) >= 11 is 1.25. The maximum atomic E-state index is 12.3. The first-order valence-corrected chi connectivity index (χ1v) is 8.50. The van der Waals surface area contributed by atoms with Crippen LogP contribution in [0.2, 0.25) is 0 Å². The van der Waals surface area contributed by atoms with Gasteiger partial charge in [0, 0.05) is 17.4 Å². The lowest BCUT2D eigenvalue weighted by molar-refractivity contribution is -0.115. The van der Waals surface area contributed by atoms with Crippen LogP contribution in [-0.4, -0.2) is 21.1 Å². The molecule has 0 aliphatic carbocycles. The first-order chi connectivity index (χ1) is 11.0. The molecule has 5 nitrogen and oxygen atoms in total. The van der Waals surface area contributed by atoms with Crippen LogP contribution in [-0.2, 0) is 11.2 Å². The Morgan fingerprint density at radius 2 is 2.17 bits per heavy atom. The third-order valence-electron chi connectivity index (χ3n) is 3.22. The zero-order valence-electron chi connectivity index (χ0n) is 13.6. The number of aryl methyl sites for hydroxylation is 2. The lowest BCUT2D eigenvalue weighted by Crippen LogP contribution is -2.23. The van der Waals surface area contributed by atoms with Gasteiger partial charge in [0.2, 0.25) is 5.91 Å². The lowest BCUT2D eigenvalue weighted by atomic mass is 10.2. The van der Waals surface area contributed by atoms with E-state index in [9.17, 15) is 9.59 Å². The minimum atomic E-state index is -0.365. The number of thioether (sulfide) groups is 1. The first-order valence-electron chi connectivity index (χ1n) is 7.62. The highest BCUT2D eigenvalue weighted by Crippen LogP contribution is 2.20. The van der Waals surface area contributed by atoms with Crippen molar-refractivity contribution in [2.24, 2.45) is 0 Å². The molecule has 122 valence electrons. The minimum Gasteiger partial charge on any atom is -0.325 e. The van der Waals surface area contributed by atoms with Crippen molar-refractivity contribution in [2.45, 2.75) is 44.0 Å². The molecule has 23 heavy (non-hydrogen) atoms. The fraction of sp³-hybridized carbons (Fsp3) is 0.353. The number of benzene rings is 1. The second-order valence-electron chi connectivity index (χ2n) is 5.41. The van der Waals surface area contributed by atoms with Gasteiger partial charge < -0.3 is 10.3 Å². The van der Waals surface area contributed by atoms with Gasteiger partial charge in [-0.25, -0.2) is 4.98 Å². The fourth-order valence-electron chi connectivity index (χ4n) is 2.11. The van der Waals surface area contributed by atoms with Crippen molar-refractivity contribution in [3.8, 4) is 0 Å². The molecule has 1 atom stereocenters. The van der Waals surface area contributed by atoms with Crippen molar-refractivity contribution in [3.05, 3.63) is 51.9 Å². The SMILES string of the molecule is CCCc1cc(=O)[nH]c(S[C@H](C)C(=O)Nc2cccc(C)c2)n1. The maximum Gasteiger partial charge on any atom is 0.251 e. The van der Waals surface area contributed by atoms with Crippen LogP contribution in [0.4, 0.5) is 5.69 Å². The van der Waals surface area contributed by atoms with Crippen molar-refractivity contribution in [3.63, 3.8) is 0 Å². The van der Waals surface area contributed by atoms with Gasteiger partial charge >= 0.3 is 0 Å². The number of nitrogens with zero attached hydrogens (tertiary/aromatic N) is 1. The quantitative estimate of drug-likeness (QED) is 0.630. The summed E-state index contributed by atoms with van der Waals surface area (Å²) in [6.45, 7) is 5.80. The molecule has 0 aliphatic rings. The van der Waals surface area contributed by atoms with E-state index >= 15 is 0 Å². The number of carbonyl (C=O) groups excluding carboxylic acids is 1.